The van der Waals surface area contributed by atoms with Crippen LogP contribution in [0.15, 0.2) is 23.3 Å². The van der Waals surface area contributed by atoms with Gasteiger partial charge in [0.15, 0.2) is 5.78 Å². The van der Waals surface area contributed by atoms with Crippen LogP contribution in [-0.2, 0) is 4.79 Å². The fourth-order valence-electron chi connectivity index (χ4n) is 9.46. The lowest BCUT2D eigenvalue weighted by atomic mass is 9.36. The highest BCUT2D eigenvalue weighted by atomic mass is 16.3. The van der Waals surface area contributed by atoms with E-state index in [-0.39, 0.29) is 56.7 Å². The van der Waals surface area contributed by atoms with Gasteiger partial charge in [-0.3, -0.25) is 4.79 Å². The van der Waals surface area contributed by atoms with Crippen molar-refractivity contribution in [1.82, 2.24) is 0 Å². The molecule has 0 saturated heterocycles. The minimum Gasteiger partial charge on any atom is -0.387 e. The molecule has 0 heterocycles. The minimum atomic E-state index is -0.710. The second-order valence-electron chi connectivity index (χ2n) is 13.8. The van der Waals surface area contributed by atoms with Crippen LogP contribution in [0.1, 0.15) is 86.5 Å². The lowest BCUT2D eigenvalue weighted by Crippen LogP contribution is -2.68. The highest BCUT2D eigenvalue weighted by molar-refractivity contribution is 5.95. The Balaban J connectivity index is 1.67. The lowest BCUT2D eigenvalue weighted by Gasteiger charge is -2.68. The van der Waals surface area contributed by atoms with Gasteiger partial charge in [0.05, 0.1) is 17.7 Å². The summed E-state index contributed by atoms with van der Waals surface area (Å²) in [5.41, 5.74) is 8.13. The molecule has 0 amide bonds. The van der Waals surface area contributed by atoms with Crippen molar-refractivity contribution >= 4 is 5.78 Å². The van der Waals surface area contributed by atoms with E-state index in [9.17, 15) is 15.2 Å². The predicted molar refractivity (Wildman–Crippen MR) is 130 cm³/mol. The molecule has 0 aromatic rings. The highest BCUT2D eigenvalue weighted by Gasteiger charge is 2.68. The normalized spacial score (nSPS) is 52.8. The number of hydrogen-bond donors (Lipinski definition) is 2. The first-order chi connectivity index (χ1) is 15.2. The van der Waals surface area contributed by atoms with E-state index in [4.69, 9.17) is 5.73 Å². The van der Waals surface area contributed by atoms with Crippen LogP contribution in [0.5, 0.6) is 0 Å². The smallest absolute Gasteiger partial charge is 0.159 e. The van der Waals surface area contributed by atoms with Gasteiger partial charge in [-0.2, -0.15) is 5.26 Å². The molecular weight excluding hydrogens is 408 g/mol. The number of ketones is 1. The summed E-state index contributed by atoms with van der Waals surface area (Å²) < 4.78 is 0. The molecule has 9 atom stereocenters. The Bertz CT molecular complexity index is 1000. The Labute approximate surface area is 199 Å². The maximum atomic E-state index is 14.1. The van der Waals surface area contributed by atoms with Crippen molar-refractivity contribution in [1.29, 1.82) is 5.26 Å². The molecule has 3 saturated carbocycles. The molecule has 180 valence electrons. The number of nitrogens with zero attached hydrogens (tertiary/aromatic N) is 1. The van der Waals surface area contributed by atoms with Crippen molar-refractivity contribution in [2.24, 2.45) is 51.1 Å². The van der Waals surface area contributed by atoms with Crippen molar-refractivity contribution in [2.45, 2.75) is 98.1 Å². The Kier molecular flexibility index (Phi) is 4.82. The maximum absolute atomic E-state index is 14.1. The number of aliphatic hydroxyl groups is 1. The monoisotopic (exact) mass is 450 g/mol. The quantitative estimate of drug-likeness (QED) is 0.523. The molecule has 0 aliphatic heterocycles. The van der Waals surface area contributed by atoms with Crippen LogP contribution < -0.4 is 5.73 Å². The number of hydrogen-bond acceptors (Lipinski definition) is 4. The average molecular weight is 451 g/mol. The number of fused-ring (bicyclic) bond motifs is 7. The van der Waals surface area contributed by atoms with E-state index in [2.05, 4.69) is 47.6 Å². The van der Waals surface area contributed by atoms with Crippen LogP contribution in [0.3, 0.4) is 0 Å². The largest absolute Gasteiger partial charge is 0.387 e. The fourth-order valence-corrected chi connectivity index (χ4v) is 9.46. The van der Waals surface area contributed by atoms with Gasteiger partial charge in [0.25, 0.3) is 0 Å². The van der Waals surface area contributed by atoms with E-state index in [1.165, 1.54) is 5.57 Å². The number of carbonyl (C=O) groups excluding carboxylic acids is 1. The van der Waals surface area contributed by atoms with Gasteiger partial charge in [-0.25, -0.2) is 0 Å². The van der Waals surface area contributed by atoms with Crippen molar-refractivity contribution in [2.75, 3.05) is 0 Å². The van der Waals surface area contributed by atoms with E-state index in [1.54, 1.807) is 0 Å². The van der Waals surface area contributed by atoms with E-state index >= 15 is 0 Å². The molecular formula is C29H42N2O2. The number of aliphatic hydroxyl groups excluding tert-OH is 1. The Hall–Kier alpha value is -1.44. The average Bonchev–Trinajstić information content (AvgIpc) is 2.74. The third kappa shape index (κ3) is 2.85. The summed E-state index contributed by atoms with van der Waals surface area (Å²) in [4.78, 5) is 14.1. The van der Waals surface area contributed by atoms with E-state index in [0.29, 0.717) is 5.57 Å². The lowest BCUT2D eigenvalue weighted by molar-refractivity contribution is -0.156. The summed E-state index contributed by atoms with van der Waals surface area (Å²) in [7, 11) is 0. The first-order valence-electron chi connectivity index (χ1n) is 13.1. The second-order valence-corrected chi connectivity index (χ2v) is 13.8. The highest BCUT2D eigenvalue weighted by Crippen LogP contribution is 2.72. The zero-order chi connectivity index (χ0) is 24.2. The molecule has 5 aliphatic rings. The summed E-state index contributed by atoms with van der Waals surface area (Å²) in [5, 5.41) is 20.5. The van der Waals surface area contributed by atoms with Crippen molar-refractivity contribution in [3.8, 4) is 6.07 Å². The van der Waals surface area contributed by atoms with Gasteiger partial charge in [-0.05, 0) is 85.0 Å². The number of nitrogens with two attached hydrogens (primary N) is 1. The zero-order valence-electron chi connectivity index (χ0n) is 21.4. The van der Waals surface area contributed by atoms with Gasteiger partial charge in [0.2, 0.25) is 0 Å². The van der Waals surface area contributed by atoms with Gasteiger partial charge in [0, 0.05) is 16.9 Å². The van der Waals surface area contributed by atoms with Crippen LogP contribution in [0.2, 0.25) is 0 Å². The van der Waals surface area contributed by atoms with Crippen molar-refractivity contribution in [3.63, 3.8) is 0 Å². The molecule has 0 spiro atoms. The first-order valence-corrected chi connectivity index (χ1v) is 13.1. The fraction of sp³-hybridized carbons (Fsp3) is 0.793. The summed E-state index contributed by atoms with van der Waals surface area (Å²) in [6.07, 6.45) is 10.5. The van der Waals surface area contributed by atoms with Crippen LogP contribution in [-0.4, -0.2) is 22.5 Å². The Morgan fingerprint density at radius 2 is 1.73 bits per heavy atom. The SMILES string of the molecule is C[C@@H]1C(O)C(C#N)=C[C@]2(C)C3=CC(=O)C4C5CC(C)(C)CC[C@]5(N)CC[C@@]4(C)[C@]3(C)CC[C@@H]12. The summed E-state index contributed by atoms with van der Waals surface area (Å²) in [6.45, 7) is 13.7. The number of carbonyl (C=O) groups is 1. The molecule has 4 nitrogen and oxygen atoms in total. The zero-order valence-corrected chi connectivity index (χ0v) is 21.4. The van der Waals surface area contributed by atoms with Crippen molar-refractivity contribution in [3.05, 3.63) is 23.3 Å². The van der Waals surface area contributed by atoms with Gasteiger partial charge in [-0.1, -0.05) is 53.2 Å². The maximum Gasteiger partial charge on any atom is 0.159 e. The minimum absolute atomic E-state index is 0.00271. The van der Waals surface area contributed by atoms with Crippen LogP contribution >= 0.6 is 0 Å². The summed E-state index contributed by atoms with van der Waals surface area (Å²) >= 11 is 0. The van der Waals surface area contributed by atoms with Crippen LogP contribution in [0.25, 0.3) is 0 Å². The molecule has 5 rings (SSSR count). The van der Waals surface area contributed by atoms with E-state index < -0.39 is 6.10 Å². The Morgan fingerprint density at radius 3 is 2.39 bits per heavy atom. The topological polar surface area (TPSA) is 87.1 Å². The van der Waals surface area contributed by atoms with Gasteiger partial charge in [-0.15, -0.1) is 0 Å². The molecule has 5 aliphatic carbocycles. The first kappa shape index (κ1) is 23.3. The van der Waals surface area contributed by atoms with Crippen LogP contribution in [0.4, 0.5) is 0 Å². The predicted octanol–water partition coefficient (Wildman–Crippen LogP) is 5.32. The second kappa shape index (κ2) is 6.82. The summed E-state index contributed by atoms with van der Waals surface area (Å²) in [5.74, 6) is 0.695. The number of allylic oxidation sites excluding steroid dienone is 3. The van der Waals surface area contributed by atoms with Gasteiger partial charge in [0.1, 0.15) is 0 Å². The van der Waals surface area contributed by atoms with Crippen molar-refractivity contribution < 1.29 is 9.90 Å². The third-order valence-corrected chi connectivity index (χ3v) is 11.8. The van der Waals surface area contributed by atoms with Gasteiger partial charge < -0.3 is 10.8 Å². The van der Waals surface area contributed by atoms with Crippen LogP contribution in [0, 0.1) is 56.7 Å². The number of nitriles is 1. The molecule has 0 radical (unpaired) electrons. The Morgan fingerprint density at radius 1 is 1.06 bits per heavy atom. The van der Waals surface area contributed by atoms with Gasteiger partial charge >= 0.3 is 0 Å². The summed E-state index contributed by atoms with van der Waals surface area (Å²) in [6, 6.07) is 2.26. The van der Waals surface area contributed by atoms with E-state index in [1.807, 2.05) is 12.2 Å². The molecule has 0 bridgehead atoms. The molecule has 33 heavy (non-hydrogen) atoms. The molecule has 0 aromatic heterocycles. The molecule has 3 N–H and O–H groups in total. The molecule has 4 heteroatoms. The standard InChI is InChI=1S/C29H42N2O2/c1-17-19-7-8-27(5)22(26(19,4)14-18(16-30)24(17)33)13-21(32)23-20-15-25(2,3)9-11-29(20,31)12-10-28(23,27)6/h13-14,17,19-20,23-24,33H,7-12,15,31H2,1-6H3/t17-,19-,20?,23?,24?,26-,27+,28+,29-/m0/s1. The molecule has 0 aromatic carbocycles. The molecule has 3 fully saturated rings. The van der Waals surface area contributed by atoms with E-state index in [0.717, 1.165) is 44.9 Å². The molecule has 3 unspecified atom stereocenters. The number of rotatable bonds is 0. The third-order valence-electron chi connectivity index (χ3n) is 11.8.